The van der Waals surface area contributed by atoms with Gasteiger partial charge in [0, 0.05) is 33.6 Å². The molecule has 10 nitrogen and oxygen atoms in total. The van der Waals surface area contributed by atoms with E-state index in [0.717, 1.165) is 6.92 Å². The quantitative estimate of drug-likeness (QED) is 0.0916. The topological polar surface area (TPSA) is 132 Å². The average molecular weight is 777 g/mol. The second-order valence-electron chi connectivity index (χ2n) is 14.7. The number of alkyl halides is 6. The van der Waals surface area contributed by atoms with E-state index in [2.05, 4.69) is 40.5 Å². The zero-order chi connectivity index (χ0) is 43.7. The van der Waals surface area contributed by atoms with E-state index in [1.54, 1.807) is 6.92 Å². The summed E-state index contributed by atoms with van der Waals surface area (Å²) in [5, 5.41) is 0. The van der Waals surface area contributed by atoms with E-state index in [1.165, 1.54) is 19.9 Å². The van der Waals surface area contributed by atoms with Crippen LogP contribution in [0.1, 0.15) is 104 Å². The maximum absolute atomic E-state index is 11.9. The first-order valence-electron chi connectivity index (χ1n) is 15.9. The van der Waals surface area contributed by atoms with Crippen molar-refractivity contribution in [3.8, 4) is 0 Å². The van der Waals surface area contributed by atoms with Crippen molar-refractivity contribution < 1.29 is 74.0 Å². The lowest BCUT2D eigenvalue weighted by molar-refractivity contribution is -0.218. The van der Waals surface area contributed by atoms with Crippen LogP contribution in [-0.2, 0) is 47.7 Å². The van der Waals surface area contributed by atoms with Gasteiger partial charge in [0.2, 0.25) is 0 Å². The monoisotopic (exact) mass is 776 g/mol. The molecular weight excluding hydrogens is 718 g/mol. The minimum absolute atomic E-state index is 0.0386. The van der Waals surface area contributed by atoms with Crippen LogP contribution in [0.25, 0.3) is 0 Å². The third kappa shape index (κ3) is 25.5. The Morgan fingerprint density at radius 2 is 0.887 bits per heavy atom. The van der Waals surface area contributed by atoms with Gasteiger partial charge in [0.15, 0.2) is 18.8 Å². The number of hydrogen-bond acceptors (Lipinski definition) is 10. The normalized spacial score (nSPS) is 12.8. The van der Waals surface area contributed by atoms with Gasteiger partial charge in [-0.15, -0.1) is 0 Å². The van der Waals surface area contributed by atoms with Crippen molar-refractivity contribution in [1.82, 2.24) is 0 Å². The van der Waals surface area contributed by atoms with Gasteiger partial charge in [0.25, 0.3) is 0 Å². The summed E-state index contributed by atoms with van der Waals surface area (Å²) in [6.45, 7) is 38.0. The van der Waals surface area contributed by atoms with Gasteiger partial charge in [-0.25, -0.2) is 24.0 Å². The summed E-state index contributed by atoms with van der Waals surface area (Å²) in [7, 11) is 0. The lowest BCUT2D eigenvalue weighted by atomic mass is 9.79. The van der Waals surface area contributed by atoms with Crippen molar-refractivity contribution in [2.75, 3.05) is 6.61 Å². The highest BCUT2D eigenvalue weighted by Gasteiger charge is 2.40. The van der Waals surface area contributed by atoms with Crippen molar-refractivity contribution in [3.05, 3.63) is 49.1 Å². The molecule has 308 valence electrons. The summed E-state index contributed by atoms with van der Waals surface area (Å²) in [6.07, 6.45) is -12.3. The average Bonchev–Trinajstić information content (AvgIpc) is 2.93. The number of rotatable bonds is 10. The summed E-state index contributed by atoms with van der Waals surface area (Å²) in [4.78, 5) is 54.4. The molecule has 0 saturated heterocycles. The molecule has 0 aromatic carbocycles. The molecule has 16 heteroatoms. The summed E-state index contributed by atoms with van der Waals surface area (Å²) in [6, 6.07) is 0. The number of esters is 5. The van der Waals surface area contributed by atoms with Crippen LogP contribution in [0.2, 0.25) is 0 Å². The predicted molar refractivity (Wildman–Crippen MR) is 188 cm³/mol. The molecule has 0 bridgehead atoms. The van der Waals surface area contributed by atoms with E-state index in [4.69, 9.17) is 9.47 Å². The molecule has 0 aliphatic rings. The third-order valence-electron chi connectivity index (χ3n) is 7.36. The van der Waals surface area contributed by atoms with Gasteiger partial charge < -0.3 is 23.7 Å². The summed E-state index contributed by atoms with van der Waals surface area (Å²) in [5.74, 6) is -3.84. The molecule has 2 unspecified atom stereocenters. The Hall–Kier alpha value is -4.11. The van der Waals surface area contributed by atoms with E-state index < -0.39 is 60.3 Å². The lowest BCUT2D eigenvalue weighted by Crippen LogP contribution is -2.41. The second kappa shape index (κ2) is 22.2. The van der Waals surface area contributed by atoms with Crippen LogP contribution in [0.15, 0.2) is 49.1 Å². The number of halogens is 6. The minimum Gasteiger partial charge on any atom is -0.456 e. The van der Waals surface area contributed by atoms with E-state index >= 15 is 0 Å². The maximum atomic E-state index is 11.9. The Balaban J connectivity index is -0.000000304. The molecule has 0 aliphatic heterocycles. The summed E-state index contributed by atoms with van der Waals surface area (Å²) < 4.78 is 93.9. The van der Waals surface area contributed by atoms with Gasteiger partial charge >= 0.3 is 42.2 Å². The number of carbonyl (C=O) groups excluding carboxylic acids is 5. The Morgan fingerprint density at radius 3 is 1.17 bits per heavy atom. The number of hydrogen-bond donors (Lipinski definition) is 0. The molecule has 0 spiro atoms. The molecule has 0 aliphatic carbocycles. The van der Waals surface area contributed by atoms with Crippen molar-refractivity contribution in [2.45, 2.75) is 140 Å². The standard InChI is InChI=1S/C11H20O2.C10H18O2.C9H11F3O4.C7H9F3O2/c1-8(2)9(12)13-11(6,7)10(3,4)5;1-7-8(11)12-10(5,6)9(2,3)4;1-5(2)8(14)15-4-7(13)16-6(3)9(10,11)12;1-4(2)6(11)12-5(3)7(8,9)10/h1H2,2-7H3;7H,1H2,2-6H3;6H,1,4H2,2-3H3;5H,1H2,2-3H3. The molecule has 0 N–H and O–H groups in total. The van der Waals surface area contributed by atoms with Crippen LogP contribution in [-0.4, -0.2) is 72.2 Å². The highest BCUT2D eigenvalue weighted by Crippen LogP contribution is 2.34. The van der Waals surface area contributed by atoms with Crippen molar-refractivity contribution >= 4 is 29.8 Å². The fourth-order valence-electron chi connectivity index (χ4n) is 1.79. The summed E-state index contributed by atoms with van der Waals surface area (Å²) in [5.41, 5.74) is -0.634. The first kappa shape index (κ1) is 55.6. The van der Waals surface area contributed by atoms with Crippen LogP contribution in [0.5, 0.6) is 0 Å². The molecule has 0 saturated carbocycles. The Kier molecular flexibility index (Phi) is 23.3. The molecule has 0 radical (unpaired) electrons. The van der Waals surface area contributed by atoms with E-state index in [1.807, 2.05) is 69.2 Å². The van der Waals surface area contributed by atoms with Gasteiger partial charge in [0.05, 0.1) is 0 Å². The smallest absolute Gasteiger partial charge is 0.425 e. The van der Waals surface area contributed by atoms with E-state index in [0.29, 0.717) is 12.5 Å². The first-order valence-corrected chi connectivity index (χ1v) is 15.9. The maximum Gasteiger partial charge on any atom is 0.425 e. The number of ether oxygens (including phenoxy) is 5. The SMILES string of the molecule is C=C(C)C(=O)OC(C)(C)C(C)(C)C.C=C(C)C(=O)OC(C)C(F)(F)F.C=C(C)C(=O)OCC(=O)OC(C)C(F)(F)F.C=CC(=O)OC(C)(C)C(C)(C)C. The fourth-order valence-corrected chi connectivity index (χ4v) is 1.79. The predicted octanol–water partition coefficient (Wildman–Crippen LogP) is 9.13. The van der Waals surface area contributed by atoms with Crippen molar-refractivity contribution in [1.29, 1.82) is 0 Å². The second-order valence-corrected chi connectivity index (χ2v) is 14.7. The lowest BCUT2D eigenvalue weighted by Gasteiger charge is -2.38. The molecule has 53 heavy (non-hydrogen) atoms. The van der Waals surface area contributed by atoms with Crippen LogP contribution in [0, 0.1) is 10.8 Å². The van der Waals surface area contributed by atoms with Crippen LogP contribution >= 0.6 is 0 Å². The van der Waals surface area contributed by atoms with Crippen molar-refractivity contribution in [3.63, 3.8) is 0 Å². The highest BCUT2D eigenvalue weighted by atomic mass is 19.4. The zero-order valence-electron chi connectivity index (χ0n) is 33.6. The van der Waals surface area contributed by atoms with Crippen LogP contribution in [0.3, 0.4) is 0 Å². The fraction of sp³-hybridized carbons (Fsp3) is 0.649. The molecule has 0 rings (SSSR count). The third-order valence-corrected chi connectivity index (χ3v) is 7.36. The van der Waals surface area contributed by atoms with Crippen molar-refractivity contribution in [2.24, 2.45) is 10.8 Å². The van der Waals surface area contributed by atoms with Gasteiger partial charge in [-0.2, -0.15) is 26.3 Å². The molecular formula is C37H58F6O10. The van der Waals surface area contributed by atoms with E-state index in [-0.39, 0.29) is 33.9 Å². The highest BCUT2D eigenvalue weighted by molar-refractivity contribution is 5.89. The zero-order valence-corrected chi connectivity index (χ0v) is 33.6. The molecule has 0 aromatic rings. The van der Waals surface area contributed by atoms with Gasteiger partial charge in [-0.05, 0) is 62.3 Å². The first-order chi connectivity index (χ1) is 23.2. The van der Waals surface area contributed by atoms with Gasteiger partial charge in [-0.3, -0.25) is 0 Å². The molecule has 0 fully saturated rings. The Labute approximate surface area is 310 Å². The molecule has 0 amide bonds. The molecule has 2 atom stereocenters. The summed E-state index contributed by atoms with van der Waals surface area (Å²) >= 11 is 0. The van der Waals surface area contributed by atoms with Gasteiger partial charge in [-0.1, -0.05) is 67.9 Å². The minimum atomic E-state index is -4.63. The van der Waals surface area contributed by atoms with E-state index in [9.17, 15) is 50.3 Å². The van der Waals surface area contributed by atoms with Crippen LogP contribution < -0.4 is 0 Å². The Bertz CT molecular complexity index is 1290. The van der Waals surface area contributed by atoms with Gasteiger partial charge in [0.1, 0.15) is 11.2 Å². The Morgan fingerprint density at radius 1 is 0.566 bits per heavy atom. The largest absolute Gasteiger partial charge is 0.456 e. The molecule has 0 aromatic heterocycles. The van der Waals surface area contributed by atoms with Crippen LogP contribution in [0.4, 0.5) is 26.3 Å². The molecule has 0 heterocycles. The number of carbonyl (C=O) groups is 5.